The predicted molar refractivity (Wildman–Crippen MR) is 57.2 cm³/mol. The number of rotatable bonds is 5. The highest BCUT2D eigenvalue weighted by Crippen LogP contribution is 2.07. The molecule has 0 bridgehead atoms. The summed E-state index contributed by atoms with van der Waals surface area (Å²) < 4.78 is 0. The van der Waals surface area contributed by atoms with Crippen molar-refractivity contribution >= 4 is 17.2 Å². The molecule has 14 heavy (non-hydrogen) atoms. The number of carbonyl (C=O) groups is 1. The summed E-state index contributed by atoms with van der Waals surface area (Å²) in [5.74, 6) is 0.0622. The number of carbonyl (C=O) groups excluding carboxylic acids is 1. The van der Waals surface area contributed by atoms with Gasteiger partial charge in [-0.25, -0.2) is 4.98 Å². The molecule has 0 atom stereocenters. The van der Waals surface area contributed by atoms with E-state index in [4.69, 9.17) is 0 Å². The average molecular weight is 213 g/mol. The molecule has 78 valence electrons. The Balaban J connectivity index is 2.23. The van der Waals surface area contributed by atoms with E-state index in [1.165, 1.54) is 0 Å². The number of nitrogens with one attached hydrogen (secondary N) is 2. The molecule has 2 N–H and O–H groups in total. The summed E-state index contributed by atoms with van der Waals surface area (Å²) >= 11 is 1.57. The van der Waals surface area contributed by atoms with Crippen molar-refractivity contribution in [3.63, 3.8) is 0 Å². The average Bonchev–Trinajstić information content (AvgIpc) is 2.58. The Hall–Kier alpha value is -0.940. The van der Waals surface area contributed by atoms with Gasteiger partial charge in [0.2, 0.25) is 5.91 Å². The van der Waals surface area contributed by atoms with Gasteiger partial charge in [0.15, 0.2) is 0 Å². The maximum atomic E-state index is 11.2. The molecule has 0 aliphatic carbocycles. The summed E-state index contributed by atoms with van der Waals surface area (Å²) in [7, 11) is 1.83. The molecule has 0 unspecified atom stereocenters. The molecule has 0 spiro atoms. The number of amides is 1. The molecule has 0 saturated heterocycles. The highest BCUT2D eigenvalue weighted by molar-refractivity contribution is 7.09. The SMILES string of the molecule is CNCCC(=O)NCc1nc(C)cs1. The van der Waals surface area contributed by atoms with Gasteiger partial charge in [-0.15, -0.1) is 11.3 Å². The van der Waals surface area contributed by atoms with E-state index in [2.05, 4.69) is 15.6 Å². The second kappa shape index (κ2) is 5.72. The third-order valence-corrected chi connectivity index (χ3v) is 2.67. The molecule has 1 aromatic rings. The summed E-state index contributed by atoms with van der Waals surface area (Å²) in [6.07, 6.45) is 0.515. The molecule has 5 heteroatoms. The smallest absolute Gasteiger partial charge is 0.221 e. The molecule has 0 aliphatic rings. The van der Waals surface area contributed by atoms with Gasteiger partial charge in [-0.3, -0.25) is 4.79 Å². The van der Waals surface area contributed by atoms with Crippen LogP contribution in [0.3, 0.4) is 0 Å². The van der Waals surface area contributed by atoms with Crippen LogP contribution < -0.4 is 10.6 Å². The van der Waals surface area contributed by atoms with Gasteiger partial charge in [0, 0.05) is 24.0 Å². The zero-order valence-electron chi connectivity index (χ0n) is 8.46. The summed E-state index contributed by atoms with van der Waals surface area (Å²) in [5, 5.41) is 8.68. The Morgan fingerprint density at radius 2 is 2.43 bits per heavy atom. The van der Waals surface area contributed by atoms with E-state index in [-0.39, 0.29) is 5.91 Å². The van der Waals surface area contributed by atoms with Crippen LogP contribution in [0.5, 0.6) is 0 Å². The summed E-state index contributed by atoms with van der Waals surface area (Å²) in [4.78, 5) is 15.5. The van der Waals surface area contributed by atoms with Crippen LogP contribution in [0.25, 0.3) is 0 Å². The molecule has 1 amide bonds. The van der Waals surface area contributed by atoms with Gasteiger partial charge in [-0.1, -0.05) is 0 Å². The largest absolute Gasteiger partial charge is 0.350 e. The summed E-state index contributed by atoms with van der Waals surface area (Å²) in [5.41, 5.74) is 1.01. The van der Waals surface area contributed by atoms with Crippen molar-refractivity contribution in [2.75, 3.05) is 13.6 Å². The Morgan fingerprint density at radius 3 is 3.00 bits per heavy atom. The molecule has 4 nitrogen and oxygen atoms in total. The van der Waals surface area contributed by atoms with E-state index in [9.17, 15) is 4.79 Å². The van der Waals surface area contributed by atoms with Crippen LogP contribution in [0.2, 0.25) is 0 Å². The van der Waals surface area contributed by atoms with E-state index in [0.717, 1.165) is 10.7 Å². The Morgan fingerprint density at radius 1 is 1.64 bits per heavy atom. The predicted octanol–water partition coefficient (Wildman–Crippen LogP) is 0.677. The molecular formula is C9H15N3OS. The van der Waals surface area contributed by atoms with Crippen molar-refractivity contribution in [1.29, 1.82) is 0 Å². The van der Waals surface area contributed by atoms with Crippen LogP contribution in [0.1, 0.15) is 17.1 Å². The van der Waals surface area contributed by atoms with Gasteiger partial charge < -0.3 is 10.6 Å². The zero-order valence-corrected chi connectivity index (χ0v) is 9.28. The summed E-state index contributed by atoms with van der Waals surface area (Å²) in [6, 6.07) is 0. The first-order chi connectivity index (χ1) is 6.72. The minimum Gasteiger partial charge on any atom is -0.350 e. The van der Waals surface area contributed by atoms with Crippen molar-refractivity contribution in [3.8, 4) is 0 Å². The number of aromatic nitrogens is 1. The Kier molecular flexibility index (Phi) is 4.55. The number of hydrogen-bond acceptors (Lipinski definition) is 4. The standard InChI is InChI=1S/C9H15N3OS/c1-7-6-14-9(12-7)5-11-8(13)3-4-10-2/h6,10H,3-5H2,1-2H3,(H,11,13). The van der Waals surface area contributed by atoms with E-state index in [1.807, 2.05) is 19.4 Å². The van der Waals surface area contributed by atoms with Gasteiger partial charge in [0.05, 0.1) is 6.54 Å². The summed E-state index contributed by atoms with van der Waals surface area (Å²) in [6.45, 7) is 3.20. The highest BCUT2D eigenvalue weighted by Gasteiger charge is 2.02. The fraction of sp³-hybridized carbons (Fsp3) is 0.556. The molecule has 1 heterocycles. The lowest BCUT2D eigenvalue weighted by molar-refractivity contribution is -0.121. The molecule has 0 fully saturated rings. The van der Waals surface area contributed by atoms with Crippen molar-refractivity contribution in [1.82, 2.24) is 15.6 Å². The topological polar surface area (TPSA) is 54.0 Å². The van der Waals surface area contributed by atoms with Crippen molar-refractivity contribution < 1.29 is 4.79 Å². The van der Waals surface area contributed by atoms with Crippen LogP contribution >= 0.6 is 11.3 Å². The number of aryl methyl sites for hydroxylation is 1. The van der Waals surface area contributed by atoms with E-state index in [1.54, 1.807) is 11.3 Å². The van der Waals surface area contributed by atoms with Crippen LogP contribution in [-0.2, 0) is 11.3 Å². The van der Waals surface area contributed by atoms with Gasteiger partial charge in [-0.2, -0.15) is 0 Å². The third kappa shape index (κ3) is 3.85. The number of thiazole rings is 1. The van der Waals surface area contributed by atoms with Crippen molar-refractivity contribution in [3.05, 3.63) is 16.1 Å². The lowest BCUT2D eigenvalue weighted by Gasteiger charge is -2.01. The van der Waals surface area contributed by atoms with Gasteiger partial charge >= 0.3 is 0 Å². The molecule has 1 aromatic heterocycles. The van der Waals surface area contributed by atoms with Gasteiger partial charge in [0.1, 0.15) is 5.01 Å². The fourth-order valence-electron chi connectivity index (χ4n) is 0.985. The minimum atomic E-state index is 0.0622. The monoisotopic (exact) mass is 213 g/mol. The number of hydrogen-bond donors (Lipinski definition) is 2. The zero-order chi connectivity index (χ0) is 10.4. The van der Waals surface area contributed by atoms with Crippen LogP contribution in [0.4, 0.5) is 0 Å². The lowest BCUT2D eigenvalue weighted by Crippen LogP contribution is -2.25. The first-order valence-electron chi connectivity index (χ1n) is 4.54. The maximum absolute atomic E-state index is 11.2. The second-order valence-corrected chi connectivity index (χ2v) is 3.96. The van der Waals surface area contributed by atoms with Crippen LogP contribution in [-0.4, -0.2) is 24.5 Å². The second-order valence-electron chi connectivity index (χ2n) is 3.01. The molecule has 1 rings (SSSR count). The van der Waals surface area contributed by atoms with E-state index >= 15 is 0 Å². The van der Waals surface area contributed by atoms with Gasteiger partial charge in [-0.05, 0) is 14.0 Å². The normalized spacial score (nSPS) is 10.1. The van der Waals surface area contributed by atoms with E-state index in [0.29, 0.717) is 19.5 Å². The molecule has 0 saturated carbocycles. The fourth-order valence-corrected chi connectivity index (χ4v) is 1.70. The molecule has 0 aromatic carbocycles. The van der Waals surface area contributed by atoms with Crippen molar-refractivity contribution in [2.45, 2.75) is 19.9 Å². The number of nitrogens with zero attached hydrogens (tertiary/aromatic N) is 1. The minimum absolute atomic E-state index is 0.0622. The molecule has 0 radical (unpaired) electrons. The van der Waals surface area contributed by atoms with Crippen LogP contribution in [0.15, 0.2) is 5.38 Å². The molecular weight excluding hydrogens is 198 g/mol. The lowest BCUT2D eigenvalue weighted by atomic mass is 10.4. The highest BCUT2D eigenvalue weighted by atomic mass is 32.1. The Bertz CT molecular complexity index is 298. The van der Waals surface area contributed by atoms with Crippen LogP contribution in [0, 0.1) is 6.92 Å². The van der Waals surface area contributed by atoms with E-state index < -0.39 is 0 Å². The first kappa shape index (κ1) is 11.1. The first-order valence-corrected chi connectivity index (χ1v) is 5.42. The quantitative estimate of drug-likeness (QED) is 0.756. The maximum Gasteiger partial charge on any atom is 0.221 e. The molecule has 0 aliphatic heterocycles. The van der Waals surface area contributed by atoms with Crippen molar-refractivity contribution in [2.24, 2.45) is 0 Å². The van der Waals surface area contributed by atoms with Gasteiger partial charge in [0.25, 0.3) is 0 Å². The Labute approximate surface area is 87.7 Å². The third-order valence-electron chi connectivity index (χ3n) is 1.71.